The Morgan fingerprint density at radius 3 is 2.32 bits per heavy atom. The average molecular weight is 502 g/mol. The van der Waals surface area contributed by atoms with Crippen molar-refractivity contribution in [3.05, 3.63) is 107 Å². The zero-order chi connectivity index (χ0) is 25.9. The Labute approximate surface area is 214 Å². The number of hydroxylamine groups is 2. The minimum atomic E-state index is -0.977. The van der Waals surface area contributed by atoms with Crippen LogP contribution in [-0.2, 0) is 32.2 Å². The van der Waals surface area contributed by atoms with Crippen molar-refractivity contribution in [2.45, 2.75) is 32.0 Å². The molecule has 0 aromatic heterocycles. The molecule has 37 heavy (non-hydrogen) atoms. The fourth-order valence-electron chi connectivity index (χ4n) is 4.92. The number of likely N-dealkylation sites (tertiary alicyclic amines) is 1. The van der Waals surface area contributed by atoms with Crippen LogP contribution in [0.2, 0.25) is 0 Å². The third kappa shape index (κ3) is 5.30. The van der Waals surface area contributed by atoms with E-state index in [1.165, 1.54) is 22.1 Å². The van der Waals surface area contributed by atoms with Crippen molar-refractivity contribution in [2.75, 3.05) is 13.1 Å². The molecule has 0 saturated carbocycles. The second-order valence-electron chi connectivity index (χ2n) is 9.46. The Kier molecular flexibility index (Phi) is 7.12. The SMILES string of the molecule is Cc1ccc(C2C3C(=O)N(Cc4ccccc4)C(=O)C3ON2CC(=O)NCCc2ccc(F)cc2)cc1. The lowest BCUT2D eigenvalue weighted by Crippen LogP contribution is -2.41. The van der Waals surface area contributed by atoms with Gasteiger partial charge in [0, 0.05) is 6.54 Å². The molecule has 0 spiro atoms. The van der Waals surface area contributed by atoms with Crippen LogP contribution < -0.4 is 5.32 Å². The van der Waals surface area contributed by atoms with E-state index in [2.05, 4.69) is 5.32 Å². The van der Waals surface area contributed by atoms with Crippen LogP contribution in [0.15, 0.2) is 78.9 Å². The number of nitrogens with one attached hydrogen (secondary N) is 1. The van der Waals surface area contributed by atoms with Gasteiger partial charge in [-0.25, -0.2) is 4.39 Å². The van der Waals surface area contributed by atoms with Crippen LogP contribution >= 0.6 is 0 Å². The van der Waals surface area contributed by atoms with Gasteiger partial charge < -0.3 is 5.32 Å². The summed E-state index contributed by atoms with van der Waals surface area (Å²) in [7, 11) is 0. The van der Waals surface area contributed by atoms with E-state index in [0.717, 1.165) is 22.3 Å². The lowest BCUT2D eigenvalue weighted by Gasteiger charge is -2.27. The van der Waals surface area contributed by atoms with Gasteiger partial charge in [0.15, 0.2) is 6.10 Å². The maximum Gasteiger partial charge on any atom is 0.261 e. The Hall–Kier alpha value is -3.88. The van der Waals surface area contributed by atoms with Crippen LogP contribution in [-0.4, -0.2) is 46.9 Å². The molecule has 190 valence electrons. The van der Waals surface area contributed by atoms with Crippen molar-refractivity contribution in [3.63, 3.8) is 0 Å². The molecule has 0 bridgehead atoms. The number of rotatable bonds is 8. The molecule has 3 aromatic carbocycles. The molecule has 2 heterocycles. The highest BCUT2D eigenvalue weighted by atomic mass is 19.1. The summed E-state index contributed by atoms with van der Waals surface area (Å²) in [6, 6.07) is 22.6. The quantitative estimate of drug-likeness (QED) is 0.479. The Balaban J connectivity index is 1.30. The van der Waals surface area contributed by atoms with Gasteiger partial charge in [0.05, 0.1) is 18.5 Å². The highest BCUT2D eigenvalue weighted by Gasteiger charge is 2.59. The van der Waals surface area contributed by atoms with E-state index < -0.39 is 24.0 Å². The second-order valence-corrected chi connectivity index (χ2v) is 9.46. The minimum absolute atomic E-state index is 0.131. The summed E-state index contributed by atoms with van der Waals surface area (Å²) in [5.74, 6) is -2.04. The molecule has 7 nitrogen and oxygen atoms in total. The number of nitrogens with zero attached hydrogens (tertiary/aromatic N) is 2. The maximum absolute atomic E-state index is 13.5. The molecule has 3 atom stereocenters. The lowest BCUT2D eigenvalue weighted by molar-refractivity contribution is -0.182. The number of carbonyl (C=O) groups is 3. The topological polar surface area (TPSA) is 79.0 Å². The summed E-state index contributed by atoms with van der Waals surface area (Å²) < 4.78 is 13.1. The van der Waals surface area contributed by atoms with Gasteiger partial charge in [-0.05, 0) is 42.2 Å². The number of hydrogen-bond donors (Lipinski definition) is 1. The number of aryl methyl sites for hydroxylation is 1. The van der Waals surface area contributed by atoms with Gasteiger partial charge in [-0.2, -0.15) is 5.06 Å². The van der Waals surface area contributed by atoms with Crippen LogP contribution in [0.4, 0.5) is 4.39 Å². The third-order valence-electron chi connectivity index (χ3n) is 6.84. The predicted octanol–water partition coefficient (Wildman–Crippen LogP) is 3.34. The van der Waals surface area contributed by atoms with Crippen LogP contribution in [0, 0.1) is 18.7 Å². The summed E-state index contributed by atoms with van der Waals surface area (Å²) in [6.45, 7) is 2.38. The molecule has 0 radical (unpaired) electrons. The molecule has 2 aliphatic rings. The van der Waals surface area contributed by atoms with Gasteiger partial charge in [0.25, 0.3) is 5.91 Å². The molecule has 0 aliphatic carbocycles. The van der Waals surface area contributed by atoms with Crippen molar-refractivity contribution in [3.8, 4) is 0 Å². The molecule has 8 heteroatoms. The zero-order valence-corrected chi connectivity index (χ0v) is 20.5. The lowest BCUT2D eigenvalue weighted by atomic mass is 9.90. The molecule has 2 aliphatic heterocycles. The van der Waals surface area contributed by atoms with E-state index >= 15 is 0 Å². The number of amides is 3. The largest absolute Gasteiger partial charge is 0.355 e. The van der Waals surface area contributed by atoms with Gasteiger partial charge in [0.2, 0.25) is 11.8 Å². The van der Waals surface area contributed by atoms with Crippen LogP contribution in [0.3, 0.4) is 0 Å². The first-order chi connectivity index (χ1) is 17.9. The van der Waals surface area contributed by atoms with E-state index in [-0.39, 0.29) is 30.7 Å². The fourth-order valence-corrected chi connectivity index (χ4v) is 4.92. The van der Waals surface area contributed by atoms with E-state index in [4.69, 9.17) is 4.84 Å². The summed E-state index contributed by atoms with van der Waals surface area (Å²) in [4.78, 5) is 46.8. The number of halogens is 1. The van der Waals surface area contributed by atoms with Crippen LogP contribution in [0.5, 0.6) is 0 Å². The molecule has 3 aromatic rings. The number of hydrogen-bond acceptors (Lipinski definition) is 5. The van der Waals surface area contributed by atoms with Gasteiger partial charge in [-0.15, -0.1) is 0 Å². The van der Waals surface area contributed by atoms with Crippen molar-refractivity contribution in [2.24, 2.45) is 5.92 Å². The molecule has 5 rings (SSSR count). The molecular formula is C29H28FN3O4. The molecule has 3 amide bonds. The van der Waals surface area contributed by atoms with E-state index in [0.29, 0.717) is 13.0 Å². The summed E-state index contributed by atoms with van der Waals surface area (Å²) >= 11 is 0. The Morgan fingerprint density at radius 2 is 1.62 bits per heavy atom. The van der Waals surface area contributed by atoms with Crippen molar-refractivity contribution >= 4 is 17.7 Å². The number of fused-ring (bicyclic) bond motifs is 1. The summed E-state index contributed by atoms with van der Waals surface area (Å²) in [6.07, 6.45) is -0.431. The number of carbonyl (C=O) groups excluding carboxylic acids is 3. The van der Waals surface area contributed by atoms with Crippen molar-refractivity contribution < 1.29 is 23.6 Å². The number of benzene rings is 3. The summed E-state index contributed by atoms with van der Waals surface area (Å²) in [5.41, 5.74) is 3.62. The van der Waals surface area contributed by atoms with Gasteiger partial charge in [-0.3, -0.25) is 24.1 Å². The molecule has 3 unspecified atom stereocenters. The summed E-state index contributed by atoms with van der Waals surface area (Å²) in [5, 5.41) is 4.31. The first-order valence-electron chi connectivity index (χ1n) is 12.3. The molecular weight excluding hydrogens is 473 g/mol. The zero-order valence-electron chi connectivity index (χ0n) is 20.5. The van der Waals surface area contributed by atoms with E-state index in [1.807, 2.05) is 61.5 Å². The smallest absolute Gasteiger partial charge is 0.261 e. The van der Waals surface area contributed by atoms with Gasteiger partial charge in [0.1, 0.15) is 12.4 Å². The van der Waals surface area contributed by atoms with Gasteiger partial charge in [-0.1, -0.05) is 72.3 Å². The first-order valence-corrected chi connectivity index (χ1v) is 12.3. The van der Waals surface area contributed by atoms with E-state index in [1.54, 1.807) is 12.1 Å². The average Bonchev–Trinajstić information content (AvgIpc) is 3.37. The Morgan fingerprint density at radius 1 is 0.919 bits per heavy atom. The third-order valence-corrected chi connectivity index (χ3v) is 6.84. The maximum atomic E-state index is 13.5. The molecule has 2 saturated heterocycles. The molecule has 2 fully saturated rings. The van der Waals surface area contributed by atoms with E-state index in [9.17, 15) is 18.8 Å². The Bertz CT molecular complexity index is 1280. The van der Waals surface area contributed by atoms with Crippen molar-refractivity contribution in [1.29, 1.82) is 0 Å². The van der Waals surface area contributed by atoms with Gasteiger partial charge >= 0.3 is 0 Å². The molecule has 1 N–H and O–H groups in total. The van der Waals surface area contributed by atoms with Crippen LogP contribution in [0.25, 0.3) is 0 Å². The standard InChI is InChI=1S/C29H28FN3O4/c1-19-7-11-22(12-8-19)26-25-27(29(36)32(28(25)35)17-21-5-3-2-4-6-21)37-33(26)18-24(34)31-16-15-20-9-13-23(30)14-10-20/h2-14,25-27H,15-18H2,1H3,(H,31,34). The predicted molar refractivity (Wildman–Crippen MR) is 134 cm³/mol. The van der Waals surface area contributed by atoms with Crippen LogP contribution in [0.1, 0.15) is 28.3 Å². The monoisotopic (exact) mass is 501 g/mol. The first kappa shape index (κ1) is 24.8. The second kappa shape index (κ2) is 10.6. The van der Waals surface area contributed by atoms with Crippen molar-refractivity contribution in [1.82, 2.24) is 15.3 Å². The highest BCUT2D eigenvalue weighted by Crippen LogP contribution is 2.44. The minimum Gasteiger partial charge on any atom is -0.355 e. The normalized spacial score (nSPS) is 21.4. The number of imide groups is 1. The fraction of sp³-hybridized carbons (Fsp3) is 0.276. The highest BCUT2D eigenvalue weighted by molar-refractivity contribution is 6.07.